The molecule has 1 unspecified atom stereocenters. The SMILES string of the molecule is O=C(CCC1CCCc2ccccc21)NCCC(c1ccccc1)c1ccccc1. The molecule has 0 radical (unpaired) electrons. The lowest BCUT2D eigenvalue weighted by Crippen LogP contribution is -2.26. The van der Waals surface area contributed by atoms with Gasteiger partial charge in [0.25, 0.3) is 0 Å². The quantitative estimate of drug-likeness (QED) is 0.480. The zero-order valence-electron chi connectivity index (χ0n) is 17.6. The summed E-state index contributed by atoms with van der Waals surface area (Å²) in [5, 5.41) is 3.18. The summed E-state index contributed by atoms with van der Waals surface area (Å²) in [7, 11) is 0. The first-order chi connectivity index (χ1) is 14.8. The number of carbonyl (C=O) groups excluding carboxylic acids is 1. The van der Waals surface area contributed by atoms with E-state index in [9.17, 15) is 4.79 Å². The van der Waals surface area contributed by atoms with E-state index < -0.39 is 0 Å². The van der Waals surface area contributed by atoms with Gasteiger partial charge >= 0.3 is 0 Å². The van der Waals surface area contributed by atoms with Crippen LogP contribution < -0.4 is 5.32 Å². The number of rotatable bonds is 8. The van der Waals surface area contributed by atoms with Crippen molar-refractivity contribution in [2.24, 2.45) is 0 Å². The molecule has 2 nitrogen and oxygen atoms in total. The van der Waals surface area contributed by atoms with E-state index in [1.54, 1.807) is 0 Å². The van der Waals surface area contributed by atoms with Crippen molar-refractivity contribution in [2.45, 2.75) is 50.4 Å². The molecular weight excluding hydrogens is 366 g/mol. The lowest BCUT2D eigenvalue weighted by atomic mass is 9.80. The zero-order chi connectivity index (χ0) is 20.6. The van der Waals surface area contributed by atoms with Crippen molar-refractivity contribution in [3.05, 3.63) is 107 Å². The van der Waals surface area contributed by atoms with E-state index >= 15 is 0 Å². The van der Waals surface area contributed by atoms with Crippen molar-refractivity contribution in [3.63, 3.8) is 0 Å². The van der Waals surface area contributed by atoms with Gasteiger partial charge in [0.05, 0.1) is 0 Å². The molecule has 0 saturated heterocycles. The van der Waals surface area contributed by atoms with Gasteiger partial charge in [-0.25, -0.2) is 0 Å². The highest BCUT2D eigenvalue weighted by Gasteiger charge is 2.20. The first-order valence-electron chi connectivity index (χ1n) is 11.3. The second kappa shape index (κ2) is 10.2. The molecule has 0 bridgehead atoms. The summed E-state index contributed by atoms with van der Waals surface area (Å²) in [6.07, 6.45) is 6.09. The van der Waals surface area contributed by atoms with Crippen molar-refractivity contribution in [1.29, 1.82) is 0 Å². The highest BCUT2D eigenvalue weighted by Crippen LogP contribution is 2.34. The molecule has 3 aromatic carbocycles. The Morgan fingerprint density at radius 2 is 1.50 bits per heavy atom. The largest absolute Gasteiger partial charge is 0.356 e. The van der Waals surface area contributed by atoms with Gasteiger partial charge < -0.3 is 5.32 Å². The van der Waals surface area contributed by atoms with Crippen LogP contribution in [0.4, 0.5) is 0 Å². The number of hydrogen-bond donors (Lipinski definition) is 1. The maximum Gasteiger partial charge on any atom is 0.220 e. The molecule has 1 aliphatic rings. The molecule has 154 valence electrons. The Labute approximate surface area is 180 Å². The van der Waals surface area contributed by atoms with Gasteiger partial charge in [-0.2, -0.15) is 0 Å². The van der Waals surface area contributed by atoms with Crippen LogP contribution in [-0.2, 0) is 11.2 Å². The van der Waals surface area contributed by atoms with Gasteiger partial charge in [-0.1, -0.05) is 84.9 Å². The minimum atomic E-state index is 0.179. The Hall–Kier alpha value is -2.87. The summed E-state index contributed by atoms with van der Waals surface area (Å²) in [6, 6.07) is 29.9. The number of hydrogen-bond acceptors (Lipinski definition) is 1. The molecule has 0 aromatic heterocycles. The molecule has 1 atom stereocenters. The molecule has 4 rings (SSSR count). The van der Waals surface area contributed by atoms with Crippen molar-refractivity contribution >= 4 is 5.91 Å². The number of aryl methyl sites for hydroxylation is 1. The molecule has 0 heterocycles. The van der Waals surface area contributed by atoms with Gasteiger partial charge in [0.15, 0.2) is 0 Å². The maximum absolute atomic E-state index is 12.5. The van der Waals surface area contributed by atoms with Crippen molar-refractivity contribution in [1.82, 2.24) is 5.32 Å². The molecule has 1 N–H and O–H groups in total. The van der Waals surface area contributed by atoms with E-state index in [2.05, 4.69) is 90.2 Å². The molecule has 30 heavy (non-hydrogen) atoms. The Kier molecular flexibility index (Phi) is 6.97. The normalized spacial score (nSPS) is 15.6. The van der Waals surface area contributed by atoms with Gasteiger partial charge in [-0.05, 0) is 60.3 Å². The standard InChI is InChI=1S/C28H31NO/c30-28(19-18-25-16-9-15-24-14-7-8-17-26(24)25)29-21-20-27(22-10-3-1-4-11-22)23-12-5-2-6-13-23/h1-8,10-14,17,25,27H,9,15-16,18-21H2,(H,29,30). The summed E-state index contributed by atoms with van der Waals surface area (Å²) >= 11 is 0. The van der Waals surface area contributed by atoms with E-state index in [0.717, 1.165) is 12.8 Å². The van der Waals surface area contributed by atoms with Crippen LogP contribution in [0.15, 0.2) is 84.9 Å². The van der Waals surface area contributed by atoms with Crippen molar-refractivity contribution in [2.75, 3.05) is 6.54 Å². The molecule has 0 saturated carbocycles. The molecule has 1 aliphatic carbocycles. The number of benzene rings is 3. The Morgan fingerprint density at radius 3 is 2.20 bits per heavy atom. The minimum absolute atomic E-state index is 0.179. The lowest BCUT2D eigenvalue weighted by Gasteiger charge is -2.25. The lowest BCUT2D eigenvalue weighted by molar-refractivity contribution is -0.121. The van der Waals surface area contributed by atoms with Crippen LogP contribution >= 0.6 is 0 Å². The average molecular weight is 398 g/mol. The third-order valence-corrected chi connectivity index (χ3v) is 6.37. The fourth-order valence-corrected chi connectivity index (χ4v) is 4.80. The van der Waals surface area contributed by atoms with E-state index in [4.69, 9.17) is 0 Å². The first-order valence-corrected chi connectivity index (χ1v) is 11.3. The molecule has 2 heteroatoms. The number of nitrogens with one attached hydrogen (secondary N) is 1. The number of fused-ring (bicyclic) bond motifs is 1. The second-order valence-corrected chi connectivity index (χ2v) is 8.34. The van der Waals surface area contributed by atoms with Crippen molar-refractivity contribution in [3.8, 4) is 0 Å². The third kappa shape index (κ3) is 5.18. The van der Waals surface area contributed by atoms with E-state index in [-0.39, 0.29) is 5.91 Å². The smallest absolute Gasteiger partial charge is 0.220 e. The van der Waals surface area contributed by atoms with Crippen LogP contribution in [0.2, 0.25) is 0 Å². The molecular formula is C28H31NO. The monoisotopic (exact) mass is 397 g/mol. The summed E-state index contributed by atoms with van der Waals surface area (Å²) < 4.78 is 0. The molecule has 0 fully saturated rings. The Balaban J connectivity index is 1.30. The maximum atomic E-state index is 12.5. The topological polar surface area (TPSA) is 29.1 Å². The van der Waals surface area contributed by atoms with E-state index in [0.29, 0.717) is 24.8 Å². The number of carbonyl (C=O) groups is 1. The Bertz CT molecular complexity index is 896. The van der Waals surface area contributed by atoms with Crippen LogP contribution in [0.25, 0.3) is 0 Å². The summed E-state index contributed by atoms with van der Waals surface area (Å²) in [4.78, 5) is 12.5. The minimum Gasteiger partial charge on any atom is -0.356 e. The fraction of sp³-hybridized carbons (Fsp3) is 0.321. The van der Waals surface area contributed by atoms with E-state index in [1.165, 1.54) is 41.5 Å². The van der Waals surface area contributed by atoms with E-state index in [1.807, 2.05) is 0 Å². The third-order valence-electron chi connectivity index (χ3n) is 6.37. The molecule has 3 aromatic rings. The number of amides is 1. The highest BCUT2D eigenvalue weighted by molar-refractivity contribution is 5.75. The molecule has 0 spiro atoms. The van der Waals surface area contributed by atoms with Crippen molar-refractivity contribution < 1.29 is 4.79 Å². The average Bonchev–Trinajstić information content (AvgIpc) is 2.81. The van der Waals surface area contributed by atoms with Gasteiger partial charge in [-0.15, -0.1) is 0 Å². The van der Waals surface area contributed by atoms with Crippen LogP contribution in [0.1, 0.15) is 66.2 Å². The first kappa shape index (κ1) is 20.4. The molecule has 1 amide bonds. The predicted octanol–water partition coefficient (Wildman–Crippen LogP) is 6.23. The zero-order valence-corrected chi connectivity index (χ0v) is 17.6. The van der Waals surface area contributed by atoms with Gasteiger partial charge in [-0.3, -0.25) is 4.79 Å². The summed E-state index contributed by atoms with van der Waals surface area (Å²) in [5.74, 6) is 1.01. The van der Waals surface area contributed by atoms with Crippen LogP contribution in [-0.4, -0.2) is 12.5 Å². The van der Waals surface area contributed by atoms with Crippen LogP contribution in [0.5, 0.6) is 0 Å². The summed E-state index contributed by atoms with van der Waals surface area (Å²) in [6.45, 7) is 0.703. The molecule has 0 aliphatic heterocycles. The van der Waals surface area contributed by atoms with Gasteiger partial charge in [0, 0.05) is 18.9 Å². The van der Waals surface area contributed by atoms with Crippen LogP contribution in [0, 0.1) is 0 Å². The summed E-state index contributed by atoms with van der Waals surface area (Å²) in [5.41, 5.74) is 5.54. The second-order valence-electron chi connectivity index (χ2n) is 8.34. The Morgan fingerprint density at radius 1 is 0.867 bits per heavy atom. The van der Waals surface area contributed by atoms with Gasteiger partial charge in [0.2, 0.25) is 5.91 Å². The highest BCUT2D eigenvalue weighted by atomic mass is 16.1. The van der Waals surface area contributed by atoms with Gasteiger partial charge in [0.1, 0.15) is 0 Å². The fourth-order valence-electron chi connectivity index (χ4n) is 4.80. The van der Waals surface area contributed by atoms with Crippen LogP contribution in [0.3, 0.4) is 0 Å². The predicted molar refractivity (Wildman–Crippen MR) is 124 cm³/mol.